The molecule has 1 N–H and O–H groups in total. The van der Waals surface area contributed by atoms with Crippen molar-refractivity contribution < 1.29 is 4.79 Å². The zero-order chi connectivity index (χ0) is 13.3. The van der Waals surface area contributed by atoms with Gasteiger partial charge in [-0.3, -0.25) is 4.79 Å². The number of fused-ring (bicyclic) bond motifs is 1. The number of amides is 1. The number of likely N-dealkylation sites (N-methyl/N-ethyl adjacent to an activating group) is 1. The van der Waals surface area contributed by atoms with Gasteiger partial charge in [-0.15, -0.1) is 0 Å². The molecule has 0 atom stereocenters. The fourth-order valence-corrected chi connectivity index (χ4v) is 2.32. The molecule has 0 aliphatic carbocycles. The summed E-state index contributed by atoms with van der Waals surface area (Å²) in [5, 5.41) is 3.09. The topological polar surface area (TPSA) is 32.3 Å². The van der Waals surface area contributed by atoms with Gasteiger partial charge in [0.15, 0.2) is 0 Å². The van der Waals surface area contributed by atoms with Gasteiger partial charge < -0.3 is 10.2 Å². The summed E-state index contributed by atoms with van der Waals surface area (Å²) >= 11 is 0. The van der Waals surface area contributed by atoms with Crippen molar-refractivity contribution in [2.24, 2.45) is 0 Å². The first kappa shape index (κ1) is 13.1. The molecule has 1 aliphatic heterocycles. The summed E-state index contributed by atoms with van der Waals surface area (Å²) in [4.78, 5) is 13.9. The third-order valence-electron chi connectivity index (χ3n) is 3.46. The Bertz CT molecular complexity index is 460. The van der Waals surface area contributed by atoms with Crippen LogP contribution >= 0.6 is 0 Å². The van der Waals surface area contributed by atoms with Gasteiger partial charge in [-0.1, -0.05) is 32.9 Å². The molecule has 0 unspecified atom stereocenters. The highest BCUT2D eigenvalue weighted by molar-refractivity contribution is 6.01. The van der Waals surface area contributed by atoms with Gasteiger partial charge in [0.2, 0.25) is 5.91 Å². The number of nitrogens with one attached hydrogen (secondary N) is 1. The minimum Gasteiger partial charge on any atom is -0.318 e. The Morgan fingerprint density at radius 3 is 2.67 bits per heavy atom. The standard InChI is InChI=1S/C15H22N2O/c1-15(2,3)12-5-6-13-11(9-12)10-14(18)17(13)8-7-16-4/h5-6,9,16H,7-8,10H2,1-4H3. The number of nitrogens with zero attached hydrogens (tertiary/aromatic N) is 1. The van der Waals surface area contributed by atoms with E-state index in [1.807, 2.05) is 11.9 Å². The van der Waals surface area contributed by atoms with E-state index in [1.54, 1.807) is 0 Å². The van der Waals surface area contributed by atoms with Crippen molar-refractivity contribution in [2.45, 2.75) is 32.6 Å². The molecule has 1 aromatic carbocycles. The maximum Gasteiger partial charge on any atom is 0.231 e. The van der Waals surface area contributed by atoms with Gasteiger partial charge in [0.25, 0.3) is 0 Å². The highest BCUT2D eigenvalue weighted by atomic mass is 16.2. The van der Waals surface area contributed by atoms with E-state index in [4.69, 9.17) is 0 Å². The predicted octanol–water partition coefficient (Wildman–Crippen LogP) is 2.09. The van der Waals surface area contributed by atoms with Gasteiger partial charge in [0, 0.05) is 18.8 Å². The predicted molar refractivity (Wildman–Crippen MR) is 75.1 cm³/mol. The summed E-state index contributed by atoms with van der Waals surface area (Å²) in [5.41, 5.74) is 3.69. The molecule has 1 aromatic rings. The first-order valence-electron chi connectivity index (χ1n) is 6.52. The Kier molecular flexibility index (Phi) is 3.44. The van der Waals surface area contributed by atoms with E-state index >= 15 is 0 Å². The summed E-state index contributed by atoms with van der Waals surface area (Å²) in [7, 11) is 1.91. The first-order valence-corrected chi connectivity index (χ1v) is 6.52. The Morgan fingerprint density at radius 1 is 1.33 bits per heavy atom. The lowest BCUT2D eigenvalue weighted by Gasteiger charge is -2.21. The molecule has 1 aliphatic rings. The molecule has 3 nitrogen and oxygen atoms in total. The monoisotopic (exact) mass is 246 g/mol. The van der Waals surface area contributed by atoms with Crippen molar-refractivity contribution in [3.8, 4) is 0 Å². The van der Waals surface area contributed by atoms with Crippen LogP contribution < -0.4 is 10.2 Å². The summed E-state index contributed by atoms with van der Waals surface area (Å²) in [6.45, 7) is 8.17. The first-order chi connectivity index (χ1) is 8.43. The summed E-state index contributed by atoms with van der Waals surface area (Å²) in [5.74, 6) is 0.214. The molecule has 18 heavy (non-hydrogen) atoms. The Hall–Kier alpha value is -1.35. The van der Waals surface area contributed by atoms with Gasteiger partial charge in [-0.05, 0) is 29.7 Å². The van der Waals surface area contributed by atoms with Crippen LogP contribution in [-0.2, 0) is 16.6 Å². The number of carbonyl (C=O) groups is 1. The zero-order valence-electron chi connectivity index (χ0n) is 11.7. The molecule has 0 fully saturated rings. The second kappa shape index (κ2) is 4.73. The van der Waals surface area contributed by atoms with Crippen molar-refractivity contribution >= 4 is 11.6 Å². The maximum absolute atomic E-state index is 12.0. The molecule has 3 heteroatoms. The number of hydrogen-bond acceptors (Lipinski definition) is 2. The fraction of sp³-hybridized carbons (Fsp3) is 0.533. The van der Waals surface area contributed by atoms with Gasteiger partial charge in [0.05, 0.1) is 6.42 Å². The van der Waals surface area contributed by atoms with Crippen LogP contribution in [0.3, 0.4) is 0 Å². The third kappa shape index (κ3) is 2.41. The molecule has 0 radical (unpaired) electrons. The van der Waals surface area contributed by atoms with Crippen molar-refractivity contribution in [3.05, 3.63) is 29.3 Å². The number of hydrogen-bond donors (Lipinski definition) is 1. The highest BCUT2D eigenvalue weighted by Crippen LogP contribution is 2.33. The van der Waals surface area contributed by atoms with Gasteiger partial charge in [-0.2, -0.15) is 0 Å². The number of carbonyl (C=O) groups excluding carboxylic acids is 1. The van der Waals surface area contributed by atoms with Crippen molar-refractivity contribution in [1.29, 1.82) is 0 Å². The van der Waals surface area contributed by atoms with Crippen molar-refractivity contribution in [3.63, 3.8) is 0 Å². The van der Waals surface area contributed by atoms with Gasteiger partial charge in [-0.25, -0.2) is 0 Å². The normalized spacial score (nSPS) is 15.1. The fourth-order valence-electron chi connectivity index (χ4n) is 2.32. The lowest BCUT2D eigenvalue weighted by atomic mass is 9.86. The minimum absolute atomic E-state index is 0.135. The van der Waals surface area contributed by atoms with E-state index in [0.717, 1.165) is 18.8 Å². The maximum atomic E-state index is 12.0. The second-order valence-corrected chi connectivity index (χ2v) is 5.92. The lowest BCUT2D eigenvalue weighted by molar-refractivity contribution is -0.117. The van der Waals surface area contributed by atoms with Crippen LogP contribution in [-0.4, -0.2) is 26.0 Å². The van der Waals surface area contributed by atoms with Crippen LogP contribution in [0.2, 0.25) is 0 Å². The van der Waals surface area contributed by atoms with Crippen LogP contribution in [0.15, 0.2) is 18.2 Å². The van der Waals surface area contributed by atoms with E-state index in [0.29, 0.717) is 6.42 Å². The zero-order valence-corrected chi connectivity index (χ0v) is 11.7. The molecule has 98 valence electrons. The van der Waals surface area contributed by atoms with E-state index in [-0.39, 0.29) is 11.3 Å². The SMILES string of the molecule is CNCCN1C(=O)Cc2cc(C(C)(C)C)ccc21. The summed E-state index contributed by atoms with van der Waals surface area (Å²) in [6, 6.07) is 6.42. The second-order valence-electron chi connectivity index (χ2n) is 5.92. The van der Waals surface area contributed by atoms with E-state index in [9.17, 15) is 4.79 Å². The molecule has 0 spiro atoms. The summed E-state index contributed by atoms with van der Waals surface area (Å²) < 4.78 is 0. The van der Waals surface area contributed by atoms with Crippen LogP contribution in [0, 0.1) is 0 Å². The number of rotatable bonds is 3. The molecule has 0 saturated heterocycles. The van der Waals surface area contributed by atoms with Crippen molar-refractivity contribution in [2.75, 3.05) is 25.0 Å². The Labute approximate surface area is 109 Å². The number of benzene rings is 1. The average molecular weight is 246 g/mol. The van der Waals surface area contributed by atoms with Gasteiger partial charge >= 0.3 is 0 Å². The molecule has 1 amide bonds. The molecule has 0 saturated carbocycles. The van der Waals surface area contributed by atoms with E-state index in [1.165, 1.54) is 11.1 Å². The van der Waals surface area contributed by atoms with Gasteiger partial charge in [0.1, 0.15) is 0 Å². The largest absolute Gasteiger partial charge is 0.318 e. The molecule has 1 heterocycles. The molecule has 0 aromatic heterocycles. The molecule has 0 bridgehead atoms. The summed E-state index contributed by atoms with van der Waals surface area (Å²) in [6.07, 6.45) is 0.545. The van der Waals surface area contributed by atoms with Crippen LogP contribution in [0.25, 0.3) is 0 Å². The smallest absolute Gasteiger partial charge is 0.231 e. The molecular formula is C15H22N2O. The molecule has 2 rings (SSSR count). The van der Waals surface area contributed by atoms with Crippen LogP contribution in [0.1, 0.15) is 31.9 Å². The van der Waals surface area contributed by atoms with Crippen LogP contribution in [0.5, 0.6) is 0 Å². The van der Waals surface area contributed by atoms with Crippen molar-refractivity contribution in [1.82, 2.24) is 5.32 Å². The van der Waals surface area contributed by atoms with Crippen LogP contribution in [0.4, 0.5) is 5.69 Å². The van der Waals surface area contributed by atoms with E-state index < -0.39 is 0 Å². The minimum atomic E-state index is 0.135. The Balaban J connectivity index is 2.29. The Morgan fingerprint density at radius 2 is 2.06 bits per heavy atom. The molecular weight excluding hydrogens is 224 g/mol. The quantitative estimate of drug-likeness (QED) is 0.885. The number of anilines is 1. The average Bonchev–Trinajstić information content (AvgIpc) is 2.60. The van der Waals surface area contributed by atoms with E-state index in [2.05, 4.69) is 44.3 Å². The highest BCUT2D eigenvalue weighted by Gasteiger charge is 2.28. The lowest BCUT2D eigenvalue weighted by Crippen LogP contribution is -2.33. The third-order valence-corrected chi connectivity index (χ3v) is 3.46.